The van der Waals surface area contributed by atoms with Gasteiger partial charge in [0.15, 0.2) is 0 Å². The lowest BCUT2D eigenvalue weighted by Gasteiger charge is -2.45. The van der Waals surface area contributed by atoms with Crippen molar-refractivity contribution in [1.82, 2.24) is 10.2 Å². The van der Waals surface area contributed by atoms with Gasteiger partial charge in [-0.15, -0.1) is 0 Å². The van der Waals surface area contributed by atoms with E-state index in [9.17, 15) is 9.90 Å². The van der Waals surface area contributed by atoms with Crippen LogP contribution in [-0.4, -0.2) is 54.8 Å². The predicted octanol–water partition coefficient (Wildman–Crippen LogP) is 4.78. The number of piperidine rings is 1. The van der Waals surface area contributed by atoms with Crippen LogP contribution in [0.25, 0.3) is 0 Å². The number of hydrogen-bond acceptors (Lipinski definition) is 5. The molecule has 1 saturated heterocycles. The molecule has 1 heterocycles. The quantitative estimate of drug-likeness (QED) is 0.467. The number of benzene rings is 2. The number of likely N-dealkylation sites (tertiary alicyclic amines) is 1. The fourth-order valence-electron chi connectivity index (χ4n) is 5.08. The molecule has 0 saturated carbocycles. The van der Waals surface area contributed by atoms with Gasteiger partial charge in [0, 0.05) is 6.54 Å². The molecule has 2 aromatic rings. The van der Waals surface area contributed by atoms with Gasteiger partial charge in [0.2, 0.25) is 0 Å². The van der Waals surface area contributed by atoms with Crippen LogP contribution in [0.2, 0.25) is 0 Å². The number of carbonyl (C=O) groups excluding carboxylic acids is 1. The molecule has 0 aliphatic carbocycles. The van der Waals surface area contributed by atoms with E-state index in [1.165, 1.54) is 11.1 Å². The number of rotatable bonds is 11. The molecule has 0 amide bonds. The average Bonchev–Trinajstić information content (AvgIpc) is 2.80. The number of aromatic hydroxyl groups is 1. The Kier molecular flexibility index (Phi) is 9.54. The van der Waals surface area contributed by atoms with Gasteiger partial charge in [0.1, 0.15) is 5.75 Å². The standard InChI is InChI=1S/C29H42N2O3/c1-22(2)34-28(33)20-30-19-25(17-24-9-6-5-7-10-24)13-15-31-16-14-29(4,23(3)21-31)26-11-8-12-27(32)18-26/h5-12,18,22-23,25,30,32H,13-17,19-21H2,1-4H3. The summed E-state index contributed by atoms with van der Waals surface area (Å²) in [6.45, 7) is 12.6. The van der Waals surface area contributed by atoms with Crippen molar-refractivity contribution in [2.24, 2.45) is 11.8 Å². The van der Waals surface area contributed by atoms with E-state index in [4.69, 9.17) is 4.74 Å². The van der Waals surface area contributed by atoms with E-state index in [1.54, 1.807) is 6.07 Å². The van der Waals surface area contributed by atoms with Crippen molar-refractivity contribution in [2.45, 2.75) is 58.5 Å². The second-order valence-corrected chi connectivity index (χ2v) is 10.4. The van der Waals surface area contributed by atoms with E-state index in [-0.39, 0.29) is 24.0 Å². The number of carbonyl (C=O) groups is 1. The number of phenols is 1. The second-order valence-electron chi connectivity index (χ2n) is 10.4. The number of phenolic OH excluding ortho intramolecular Hbond substituents is 1. The molecule has 2 N–H and O–H groups in total. The van der Waals surface area contributed by atoms with Crippen molar-refractivity contribution in [1.29, 1.82) is 0 Å². The Morgan fingerprint density at radius 1 is 1.21 bits per heavy atom. The SMILES string of the molecule is CC(C)OC(=O)CNCC(CCN1CCC(C)(c2cccc(O)c2)C(C)C1)Cc1ccccc1. The number of nitrogens with zero attached hydrogens (tertiary/aromatic N) is 1. The van der Waals surface area contributed by atoms with Crippen molar-refractivity contribution >= 4 is 5.97 Å². The maximum Gasteiger partial charge on any atom is 0.320 e. The lowest BCUT2D eigenvalue weighted by atomic mass is 9.68. The molecule has 0 aromatic heterocycles. The van der Waals surface area contributed by atoms with Crippen LogP contribution in [0.5, 0.6) is 5.75 Å². The predicted molar refractivity (Wildman–Crippen MR) is 138 cm³/mol. The number of esters is 1. The molecule has 2 aromatic carbocycles. The highest BCUT2D eigenvalue weighted by molar-refractivity contribution is 5.71. The summed E-state index contributed by atoms with van der Waals surface area (Å²) in [4.78, 5) is 14.5. The molecule has 3 rings (SSSR count). The van der Waals surface area contributed by atoms with Crippen molar-refractivity contribution in [2.75, 3.05) is 32.7 Å². The third-order valence-corrected chi connectivity index (χ3v) is 7.36. The topological polar surface area (TPSA) is 61.8 Å². The van der Waals surface area contributed by atoms with Gasteiger partial charge in [-0.3, -0.25) is 4.79 Å². The first kappa shape index (κ1) is 26.2. The summed E-state index contributed by atoms with van der Waals surface area (Å²) < 4.78 is 5.26. The summed E-state index contributed by atoms with van der Waals surface area (Å²) in [5.74, 6) is 1.11. The van der Waals surface area contributed by atoms with Crippen LogP contribution < -0.4 is 5.32 Å². The van der Waals surface area contributed by atoms with Crippen LogP contribution in [0.3, 0.4) is 0 Å². The summed E-state index contributed by atoms with van der Waals surface area (Å²) in [5.41, 5.74) is 2.65. The normalized spacial score (nSPS) is 22.0. The van der Waals surface area contributed by atoms with Crippen molar-refractivity contribution in [3.8, 4) is 5.75 Å². The van der Waals surface area contributed by atoms with Gasteiger partial charge in [-0.2, -0.15) is 0 Å². The Hall–Kier alpha value is -2.37. The summed E-state index contributed by atoms with van der Waals surface area (Å²) >= 11 is 0. The molecule has 1 aliphatic heterocycles. The molecule has 0 bridgehead atoms. The van der Waals surface area contributed by atoms with Crippen LogP contribution in [0.1, 0.15) is 51.7 Å². The largest absolute Gasteiger partial charge is 0.508 e. The first-order valence-corrected chi connectivity index (χ1v) is 12.7. The van der Waals surface area contributed by atoms with Gasteiger partial charge in [0.05, 0.1) is 12.6 Å². The zero-order valence-corrected chi connectivity index (χ0v) is 21.3. The third-order valence-electron chi connectivity index (χ3n) is 7.36. The minimum atomic E-state index is -0.190. The summed E-state index contributed by atoms with van der Waals surface area (Å²) in [6, 6.07) is 18.4. The van der Waals surface area contributed by atoms with E-state index in [0.717, 1.165) is 45.4 Å². The van der Waals surface area contributed by atoms with E-state index in [1.807, 2.05) is 26.0 Å². The maximum absolute atomic E-state index is 11.9. The van der Waals surface area contributed by atoms with Gasteiger partial charge in [-0.25, -0.2) is 0 Å². The minimum absolute atomic E-state index is 0.0804. The monoisotopic (exact) mass is 466 g/mol. The second kappa shape index (κ2) is 12.4. The Bertz CT molecular complexity index is 901. The highest BCUT2D eigenvalue weighted by Crippen LogP contribution is 2.40. The fraction of sp³-hybridized carbons (Fsp3) is 0.552. The van der Waals surface area contributed by atoms with Crippen LogP contribution in [0, 0.1) is 11.8 Å². The Morgan fingerprint density at radius 2 is 1.97 bits per heavy atom. The Balaban J connectivity index is 1.55. The number of hydrogen-bond donors (Lipinski definition) is 2. The van der Waals surface area contributed by atoms with Crippen molar-refractivity contribution in [3.05, 3.63) is 65.7 Å². The zero-order chi connectivity index (χ0) is 24.6. The summed E-state index contributed by atoms with van der Waals surface area (Å²) in [6.07, 6.45) is 3.08. The molecule has 1 fully saturated rings. The summed E-state index contributed by atoms with van der Waals surface area (Å²) in [5, 5.41) is 13.3. The highest BCUT2D eigenvalue weighted by atomic mass is 16.5. The number of ether oxygens (including phenoxy) is 1. The molecule has 0 radical (unpaired) electrons. The first-order chi connectivity index (χ1) is 16.3. The fourth-order valence-corrected chi connectivity index (χ4v) is 5.08. The smallest absolute Gasteiger partial charge is 0.320 e. The van der Waals surface area contributed by atoms with E-state index in [0.29, 0.717) is 17.6 Å². The van der Waals surface area contributed by atoms with Gasteiger partial charge >= 0.3 is 5.97 Å². The third kappa shape index (κ3) is 7.57. The summed E-state index contributed by atoms with van der Waals surface area (Å²) in [7, 11) is 0. The first-order valence-electron chi connectivity index (χ1n) is 12.7. The van der Waals surface area contributed by atoms with Gasteiger partial charge in [0.25, 0.3) is 0 Å². The van der Waals surface area contributed by atoms with E-state index in [2.05, 4.69) is 60.5 Å². The molecule has 0 spiro atoms. The molecular formula is C29H42N2O3. The lowest BCUT2D eigenvalue weighted by Crippen LogP contribution is -2.48. The zero-order valence-electron chi connectivity index (χ0n) is 21.3. The molecule has 186 valence electrons. The van der Waals surface area contributed by atoms with Crippen LogP contribution in [0.15, 0.2) is 54.6 Å². The highest BCUT2D eigenvalue weighted by Gasteiger charge is 2.38. The Labute approximate surface area is 205 Å². The van der Waals surface area contributed by atoms with Gasteiger partial charge in [-0.05, 0) is 93.3 Å². The van der Waals surface area contributed by atoms with Gasteiger partial charge in [-0.1, -0.05) is 56.3 Å². The molecule has 3 unspecified atom stereocenters. The minimum Gasteiger partial charge on any atom is -0.508 e. The molecule has 1 aliphatic rings. The lowest BCUT2D eigenvalue weighted by molar-refractivity contribution is -0.146. The molecular weight excluding hydrogens is 424 g/mol. The average molecular weight is 467 g/mol. The molecule has 5 heteroatoms. The van der Waals surface area contributed by atoms with E-state index < -0.39 is 0 Å². The number of nitrogens with one attached hydrogen (secondary N) is 1. The van der Waals surface area contributed by atoms with Crippen LogP contribution in [0.4, 0.5) is 0 Å². The van der Waals surface area contributed by atoms with Crippen LogP contribution in [-0.2, 0) is 21.4 Å². The van der Waals surface area contributed by atoms with Crippen molar-refractivity contribution < 1.29 is 14.6 Å². The molecule has 5 nitrogen and oxygen atoms in total. The molecule has 3 atom stereocenters. The van der Waals surface area contributed by atoms with Crippen LogP contribution >= 0.6 is 0 Å². The van der Waals surface area contributed by atoms with Crippen molar-refractivity contribution in [3.63, 3.8) is 0 Å². The Morgan fingerprint density at radius 3 is 2.65 bits per heavy atom. The molecule has 34 heavy (non-hydrogen) atoms. The van der Waals surface area contributed by atoms with E-state index >= 15 is 0 Å². The maximum atomic E-state index is 11.9. The van der Waals surface area contributed by atoms with Gasteiger partial charge < -0.3 is 20.1 Å².